The third-order valence-electron chi connectivity index (χ3n) is 1.92. The molecular weight excluding hydrogens is 176 g/mol. The Bertz CT molecular complexity index is 192. The van der Waals surface area contributed by atoms with Gasteiger partial charge in [0.1, 0.15) is 12.4 Å². The monoisotopic (exact) mass is 198 g/mol. The molecule has 0 aliphatic heterocycles. The van der Waals surface area contributed by atoms with Crippen LogP contribution in [0.2, 0.25) is 0 Å². The molecule has 2 heteroatoms. The Labute approximate surface area is 87.6 Å². The molecule has 1 rings (SSSR count). The minimum absolute atomic E-state index is 0.646. The standard InChI is InChI=1S/C10H16O2.C2H6/c1-9-5-3-4-6-10(9)12-8-7-11-2;1-2/h4,6H,3,5,7-8H2,1-2H3;1-2H3. The van der Waals surface area contributed by atoms with Gasteiger partial charge >= 0.3 is 0 Å². The van der Waals surface area contributed by atoms with Gasteiger partial charge in [0.15, 0.2) is 0 Å². The van der Waals surface area contributed by atoms with Crippen LogP contribution in [0.5, 0.6) is 0 Å². The second kappa shape index (κ2) is 8.82. The molecule has 0 saturated heterocycles. The van der Waals surface area contributed by atoms with Gasteiger partial charge in [-0.05, 0) is 31.4 Å². The number of hydrogen-bond acceptors (Lipinski definition) is 2. The summed E-state index contributed by atoms with van der Waals surface area (Å²) in [4.78, 5) is 0. The van der Waals surface area contributed by atoms with Crippen LogP contribution in [-0.2, 0) is 9.47 Å². The molecule has 1 aliphatic rings. The minimum Gasteiger partial charge on any atom is -0.491 e. The molecule has 0 saturated carbocycles. The van der Waals surface area contributed by atoms with E-state index < -0.39 is 0 Å². The quantitative estimate of drug-likeness (QED) is 0.645. The van der Waals surface area contributed by atoms with Crippen LogP contribution >= 0.6 is 0 Å². The zero-order valence-electron chi connectivity index (χ0n) is 9.80. The van der Waals surface area contributed by atoms with Crippen LogP contribution in [0.25, 0.3) is 0 Å². The lowest BCUT2D eigenvalue weighted by Crippen LogP contribution is -2.03. The van der Waals surface area contributed by atoms with Crippen LogP contribution in [0.15, 0.2) is 23.5 Å². The molecule has 14 heavy (non-hydrogen) atoms. The first kappa shape index (κ1) is 13.2. The lowest BCUT2D eigenvalue weighted by atomic mass is 10.1. The van der Waals surface area contributed by atoms with Crippen molar-refractivity contribution >= 4 is 0 Å². The van der Waals surface area contributed by atoms with Crippen molar-refractivity contribution in [2.75, 3.05) is 20.3 Å². The molecule has 0 aromatic rings. The molecule has 0 amide bonds. The summed E-state index contributed by atoms with van der Waals surface area (Å²) in [6, 6.07) is 0. The highest BCUT2D eigenvalue weighted by molar-refractivity contribution is 5.22. The van der Waals surface area contributed by atoms with E-state index in [0.717, 1.165) is 18.6 Å². The fourth-order valence-corrected chi connectivity index (χ4v) is 1.16. The van der Waals surface area contributed by atoms with Crippen molar-refractivity contribution in [1.82, 2.24) is 0 Å². The fourth-order valence-electron chi connectivity index (χ4n) is 1.16. The predicted molar refractivity (Wildman–Crippen MR) is 60.3 cm³/mol. The van der Waals surface area contributed by atoms with E-state index >= 15 is 0 Å². The van der Waals surface area contributed by atoms with Gasteiger partial charge in [0.2, 0.25) is 0 Å². The van der Waals surface area contributed by atoms with Gasteiger partial charge in [0, 0.05) is 7.11 Å². The van der Waals surface area contributed by atoms with Gasteiger partial charge in [0.25, 0.3) is 0 Å². The molecule has 0 heterocycles. The maximum atomic E-state index is 5.50. The van der Waals surface area contributed by atoms with E-state index in [0.29, 0.717) is 13.2 Å². The van der Waals surface area contributed by atoms with Crippen molar-refractivity contribution in [2.24, 2.45) is 0 Å². The summed E-state index contributed by atoms with van der Waals surface area (Å²) >= 11 is 0. The second-order valence-corrected chi connectivity index (χ2v) is 2.93. The molecule has 0 N–H and O–H groups in total. The van der Waals surface area contributed by atoms with Gasteiger partial charge in [-0.3, -0.25) is 0 Å². The molecule has 0 atom stereocenters. The van der Waals surface area contributed by atoms with Crippen molar-refractivity contribution in [2.45, 2.75) is 33.6 Å². The number of allylic oxidation sites excluding steroid dienone is 3. The second-order valence-electron chi connectivity index (χ2n) is 2.93. The van der Waals surface area contributed by atoms with Crippen LogP contribution in [0, 0.1) is 0 Å². The lowest BCUT2D eigenvalue weighted by Gasteiger charge is -2.13. The van der Waals surface area contributed by atoms with Crippen molar-refractivity contribution in [3.8, 4) is 0 Å². The SMILES string of the molecule is CC.COCCOC1=C(C)CCC=C1. The summed E-state index contributed by atoms with van der Waals surface area (Å²) < 4.78 is 10.4. The maximum absolute atomic E-state index is 5.50. The molecule has 1 aliphatic carbocycles. The number of methoxy groups -OCH3 is 1. The predicted octanol–water partition coefficient (Wildman–Crippen LogP) is 3.30. The molecule has 0 bridgehead atoms. The summed E-state index contributed by atoms with van der Waals surface area (Å²) in [6.45, 7) is 7.42. The van der Waals surface area contributed by atoms with E-state index in [1.165, 1.54) is 5.57 Å². The molecule has 0 aromatic carbocycles. The first-order valence-corrected chi connectivity index (χ1v) is 5.32. The summed E-state index contributed by atoms with van der Waals surface area (Å²) in [7, 11) is 1.68. The Hall–Kier alpha value is -0.760. The van der Waals surface area contributed by atoms with Gasteiger partial charge in [0.05, 0.1) is 6.61 Å². The largest absolute Gasteiger partial charge is 0.491 e. The third-order valence-corrected chi connectivity index (χ3v) is 1.92. The zero-order valence-corrected chi connectivity index (χ0v) is 9.80. The highest BCUT2D eigenvalue weighted by Gasteiger charge is 2.03. The molecule has 0 spiro atoms. The Morgan fingerprint density at radius 1 is 1.29 bits per heavy atom. The van der Waals surface area contributed by atoms with Gasteiger partial charge in [-0.25, -0.2) is 0 Å². The van der Waals surface area contributed by atoms with E-state index in [4.69, 9.17) is 9.47 Å². The Morgan fingerprint density at radius 3 is 2.57 bits per heavy atom. The van der Waals surface area contributed by atoms with E-state index in [1.807, 2.05) is 13.8 Å². The van der Waals surface area contributed by atoms with Gasteiger partial charge in [-0.1, -0.05) is 19.9 Å². The first-order valence-electron chi connectivity index (χ1n) is 5.32. The summed E-state index contributed by atoms with van der Waals surface area (Å²) in [5.74, 6) is 1.03. The summed E-state index contributed by atoms with van der Waals surface area (Å²) in [5, 5.41) is 0. The van der Waals surface area contributed by atoms with E-state index in [2.05, 4.69) is 19.1 Å². The number of ether oxygens (including phenoxy) is 2. The smallest absolute Gasteiger partial charge is 0.118 e. The number of rotatable bonds is 4. The Kier molecular flexibility index (Phi) is 8.34. The molecular formula is C12H22O2. The van der Waals surface area contributed by atoms with Crippen LogP contribution in [0.1, 0.15) is 33.6 Å². The minimum atomic E-state index is 0.646. The van der Waals surface area contributed by atoms with Crippen molar-refractivity contribution in [3.63, 3.8) is 0 Å². The molecule has 0 aromatic heterocycles. The van der Waals surface area contributed by atoms with E-state index in [9.17, 15) is 0 Å². The van der Waals surface area contributed by atoms with Crippen LogP contribution in [0.3, 0.4) is 0 Å². The van der Waals surface area contributed by atoms with Crippen LogP contribution < -0.4 is 0 Å². The van der Waals surface area contributed by atoms with Crippen molar-refractivity contribution in [1.29, 1.82) is 0 Å². The summed E-state index contributed by atoms with van der Waals surface area (Å²) in [5.41, 5.74) is 1.34. The Balaban J connectivity index is 0.000000791. The lowest BCUT2D eigenvalue weighted by molar-refractivity contribution is 0.112. The third kappa shape index (κ3) is 5.07. The molecule has 0 unspecified atom stereocenters. The average Bonchev–Trinajstić information content (AvgIpc) is 2.24. The normalized spacial score (nSPS) is 14.9. The van der Waals surface area contributed by atoms with Gasteiger partial charge < -0.3 is 9.47 Å². The van der Waals surface area contributed by atoms with E-state index in [1.54, 1.807) is 7.11 Å². The number of hydrogen-bond donors (Lipinski definition) is 0. The van der Waals surface area contributed by atoms with Crippen LogP contribution in [-0.4, -0.2) is 20.3 Å². The topological polar surface area (TPSA) is 18.5 Å². The molecule has 0 fully saturated rings. The highest BCUT2D eigenvalue weighted by Crippen LogP contribution is 2.18. The zero-order chi connectivity index (χ0) is 10.8. The van der Waals surface area contributed by atoms with Crippen molar-refractivity contribution < 1.29 is 9.47 Å². The van der Waals surface area contributed by atoms with Crippen molar-refractivity contribution in [3.05, 3.63) is 23.5 Å². The Morgan fingerprint density at radius 2 is 2.00 bits per heavy atom. The average molecular weight is 198 g/mol. The first-order chi connectivity index (χ1) is 6.84. The molecule has 2 nitrogen and oxygen atoms in total. The fraction of sp³-hybridized carbons (Fsp3) is 0.667. The highest BCUT2D eigenvalue weighted by atomic mass is 16.5. The molecule has 82 valence electrons. The summed E-state index contributed by atoms with van der Waals surface area (Å²) in [6.07, 6.45) is 6.46. The van der Waals surface area contributed by atoms with Crippen LogP contribution in [0.4, 0.5) is 0 Å². The van der Waals surface area contributed by atoms with Gasteiger partial charge in [-0.2, -0.15) is 0 Å². The van der Waals surface area contributed by atoms with E-state index in [-0.39, 0.29) is 0 Å². The molecule has 0 radical (unpaired) electrons. The maximum Gasteiger partial charge on any atom is 0.118 e. The van der Waals surface area contributed by atoms with Gasteiger partial charge in [-0.15, -0.1) is 0 Å².